The average molecular weight is 423 g/mol. The van der Waals surface area contributed by atoms with Crippen molar-refractivity contribution in [2.75, 3.05) is 0 Å². The number of pyridine rings is 3. The van der Waals surface area contributed by atoms with Gasteiger partial charge in [-0.2, -0.15) is 0 Å². The smallest absolute Gasteiger partial charge is 0.221 e. The Morgan fingerprint density at radius 2 is 1.33 bits per heavy atom. The maximum Gasteiger partial charge on any atom is 0.221 e. The highest BCUT2D eigenvalue weighted by molar-refractivity contribution is 6.39. The van der Waals surface area contributed by atoms with Crippen LogP contribution in [0.5, 0.6) is 0 Å². The normalized spacial score (nSPS) is 12.5. The summed E-state index contributed by atoms with van der Waals surface area (Å²) in [6.07, 6.45) is 5.96. The summed E-state index contributed by atoms with van der Waals surface area (Å²) >= 11 is 0. The molecule has 0 aliphatic rings. The molecule has 0 saturated carbocycles. The Kier molecular flexibility index (Phi) is 3.00. The maximum absolute atomic E-state index is 4.92. The molecule has 0 aliphatic carbocycles. The van der Waals surface area contributed by atoms with Crippen molar-refractivity contribution in [2.24, 2.45) is 7.05 Å². The number of hydrogen-bond acceptors (Lipinski definition) is 2. The van der Waals surface area contributed by atoms with Gasteiger partial charge < -0.3 is 4.40 Å². The maximum atomic E-state index is 4.92. The van der Waals surface area contributed by atoms with Gasteiger partial charge in [0.25, 0.3) is 0 Å². The quantitative estimate of drug-likeness (QED) is 0.214. The Balaban J connectivity index is 1.91. The second-order valence-corrected chi connectivity index (χ2v) is 8.98. The second-order valence-electron chi connectivity index (χ2n) is 8.98. The topological polar surface area (TPSA) is 34.1 Å². The molecule has 33 heavy (non-hydrogen) atoms. The molecular formula is C29H19N4+. The minimum Gasteiger partial charge on any atom is -0.305 e. The molecular weight excluding hydrogens is 404 g/mol. The van der Waals surface area contributed by atoms with E-state index in [0.717, 1.165) is 22.1 Å². The van der Waals surface area contributed by atoms with E-state index < -0.39 is 0 Å². The van der Waals surface area contributed by atoms with Gasteiger partial charge in [-0.25, -0.2) is 4.57 Å². The third-order valence-corrected chi connectivity index (χ3v) is 7.38. The first-order chi connectivity index (χ1) is 16.3. The SMILES string of the molecule is Cc1c2c3ncccc3n3c4cccnc4c(c4c5ccccc5c5ccc[n+](C)c5c14)c23. The number of rotatable bonds is 0. The molecule has 0 bridgehead atoms. The molecule has 8 rings (SSSR count). The highest BCUT2D eigenvalue weighted by Crippen LogP contribution is 2.47. The average Bonchev–Trinajstić information content (AvgIpc) is 3.37. The lowest BCUT2D eigenvalue weighted by atomic mass is 9.90. The molecule has 0 fully saturated rings. The van der Waals surface area contributed by atoms with Gasteiger partial charge in [-0.05, 0) is 53.6 Å². The minimum atomic E-state index is 1.05. The molecule has 0 atom stereocenters. The van der Waals surface area contributed by atoms with Crippen molar-refractivity contribution in [3.05, 3.63) is 84.8 Å². The van der Waals surface area contributed by atoms with Crippen molar-refractivity contribution < 1.29 is 4.57 Å². The van der Waals surface area contributed by atoms with Crippen LogP contribution in [-0.4, -0.2) is 14.4 Å². The van der Waals surface area contributed by atoms with Crippen LogP contribution in [-0.2, 0) is 7.05 Å². The third-order valence-electron chi connectivity index (χ3n) is 7.38. The molecule has 5 heterocycles. The zero-order valence-corrected chi connectivity index (χ0v) is 18.3. The van der Waals surface area contributed by atoms with Gasteiger partial charge in [-0.1, -0.05) is 24.3 Å². The van der Waals surface area contributed by atoms with Crippen LogP contribution in [0.4, 0.5) is 0 Å². The number of benzene rings is 3. The molecule has 0 unspecified atom stereocenters. The molecule has 8 aromatic rings. The van der Waals surface area contributed by atoms with Gasteiger partial charge in [0, 0.05) is 34.6 Å². The van der Waals surface area contributed by atoms with Crippen LogP contribution in [0.15, 0.2) is 79.3 Å². The second kappa shape index (κ2) is 5.73. The number of aryl methyl sites for hydroxylation is 2. The monoisotopic (exact) mass is 423 g/mol. The summed E-state index contributed by atoms with van der Waals surface area (Å²) in [5.74, 6) is 0. The molecule has 4 nitrogen and oxygen atoms in total. The zero-order valence-electron chi connectivity index (χ0n) is 18.3. The fourth-order valence-corrected chi connectivity index (χ4v) is 6.15. The van der Waals surface area contributed by atoms with Gasteiger partial charge in [0.15, 0.2) is 6.20 Å². The molecule has 0 amide bonds. The molecule has 0 aliphatic heterocycles. The summed E-state index contributed by atoms with van der Waals surface area (Å²) < 4.78 is 4.63. The fourth-order valence-electron chi connectivity index (χ4n) is 6.15. The van der Waals surface area contributed by atoms with Gasteiger partial charge in [0.1, 0.15) is 7.05 Å². The van der Waals surface area contributed by atoms with Gasteiger partial charge in [-0.3, -0.25) is 9.97 Å². The highest BCUT2D eigenvalue weighted by atomic mass is 15.0. The van der Waals surface area contributed by atoms with Crippen LogP contribution in [0.3, 0.4) is 0 Å². The summed E-state index contributed by atoms with van der Waals surface area (Å²) in [4.78, 5) is 9.78. The van der Waals surface area contributed by atoms with Crippen molar-refractivity contribution in [3.8, 4) is 0 Å². The van der Waals surface area contributed by atoms with Crippen molar-refractivity contribution in [2.45, 2.75) is 6.92 Å². The van der Waals surface area contributed by atoms with Crippen LogP contribution in [0.25, 0.3) is 70.8 Å². The Morgan fingerprint density at radius 1 is 0.667 bits per heavy atom. The number of hydrogen-bond donors (Lipinski definition) is 0. The van der Waals surface area contributed by atoms with E-state index in [-0.39, 0.29) is 0 Å². The summed E-state index contributed by atoms with van der Waals surface area (Å²) in [5, 5.41) is 8.84. The van der Waals surface area contributed by atoms with E-state index in [1.165, 1.54) is 54.3 Å². The van der Waals surface area contributed by atoms with Gasteiger partial charge in [0.2, 0.25) is 5.52 Å². The molecule has 154 valence electrons. The third kappa shape index (κ3) is 1.88. The Hall–Kier alpha value is -4.31. The van der Waals surface area contributed by atoms with E-state index in [4.69, 9.17) is 9.97 Å². The zero-order chi connectivity index (χ0) is 21.8. The van der Waals surface area contributed by atoms with Crippen LogP contribution in [0.2, 0.25) is 0 Å². The van der Waals surface area contributed by atoms with Crippen LogP contribution in [0, 0.1) is 6.92 Å². The van der Waals surface area contributed by atoms with Crippen molar-refractivity contribution >= 4 is 70.8 Å². The van der Waals surface area contributed by atoms with E-state index >= 15 is 0 Å². The van der Waals surface area contributed by atoms with E-state index in [0.29, 0.717) is 0 Å². The minimum absolute atomic E-state index is 1.05. The Labute approximate surface area is 188 Å². The van der Waals surface area contributed by atoms with E-state index in [2.05, 4.69) is 77.7 Å². The van der Waals surface area contributed by atoms with Crippen LogP contribution in [0.1, 0.15) is 5.56 Å². The van der Waals surface area contributed by atoms with Gasteiger partial charge in [-0.15, -0.1) is 0 Å². The van der Waals surface area contributed by atoms with E-state index in [1.54, 1.807) is 0 Å². The standard InChI is InChI=1S/C29H19N4/c1-16-22-24(18-9-4-3-8-17(18)19-10-7-15-32(2)28(19)22)25-27-21(12-6-14-31-27)33-20-11-5-13-30-26(20)23(16)29(25)33/h3-15H,1-2H3/q+1. The molecule has 4 heteroatoms. The summed E-state index contributed by atoms with van der Waals surface area (Å²) in [5.41, 5.74) is 8.13. The van der Waals surface area contributed by atoms with Crippen LogP contribution < -0.4 is 4.57 Å². The first-order valence-corrected chi connectivity index (χ1v) is 11.3. The highest BCUT2D eigenvalue weighted by Gasteiger charge is 2.27. The van der Waals surface area contributed by atoms with Crippen molar-refractivity contribution in [3.63, 3.8) is 0 Å². The largest absolute Gasteiger partial charge is 0.305 e. The first kappa shape index (κ1) is 17.3. The first-order valence-electron chi connectivity index (χ1n) is 11.3. The molecule has 0 spiro atoms. The van der Waals surface area contributed by atoms with Gasteiger partial charge >= 0.3 is 0 Å². The van der Waals surface area contributed by atoms with Crippen molar-refractivity contribution in [1.29, 1.82) is 0 Å². The molecule has 0 radical (unpaired) electrons. The predicted molar refractivity (Wildman–Crippen MR) is 135 cm³/mol. The van der Waals surface area contributed by atoms with E-state index in [1.807, 2.05) is 24.5 Å². The van der Waals surface area contributed by atoms with Crippen LogP contribution >= 0.6 is 0 Å². The lowest BCUT2D eigenvalue weighted by molar-refractivity contribution is -0.644. The lowest BCUT2D eigenvalue weighted by Gasteiger charge is -2.13. The Bertz CT molecular complexity index is 2100. The number of nitrogens with zero attached hydrogens (tertiary/aromatic N) is 4. The summed E-state index contributed by atoms with van der Waals surface area (Å²) in [6, 6.07) is 21.6. The summed E-state index contributed by atoms with van der Waals surface area (Å²) in [7, 11) is 2.15. The summed E-state index contributed by atoms with van der Waals surface area (Å²) in [6.45, 7) is 2.26. The predicted octanol–water partition coefficient (Wildman–Crippen LogP) is 6.22. The van der Waals surface area contributed by atoms with E-state index in [9.17, 15) is 0 Å². The number of aromatic nitrogens is 4. The molecule has 5 aromatic heterocycles. The fraction of sp³-hybridized carbons (Fsp3) is 0.0690. The van der Waals surface area contributed by atoms with Crippen molar-refractivity contribution in [1.82, 2.24) is 14.4 Å². The lowest BCUT2D eigenvalue weighted by Crippen LogP contribution is -2.28. The number of fused-ring (bicyclic) bond motifs is 13. The Morgan fingerprint density at radius 3 is 2.09 bits per heavy atom. The molecule has 3 aromatic carbocycles. The molecule has 0 saturated heterocycles. The van der Waals surface area contributed by atoms with Gasteiger partial charge in [0.05, 0.1) is 38.4 Å². The molecule has 0 N–H and O–H groups in total.